The summed E-state index contributed by atoms with van der Waals surface area (Å²) < 4.78 is 37.7. The van der Waals surface area contributed by atoms with Gasteiger partial charge >= 0.3 is 6.18 Å². The van der Waals surface area contributed by atoms with Crippen LogP contribution >= 0.6 is 0 Å². The van der Waals surface area contributed by atoms with Crippen LogP contribution in [0.25, 0.3) is 5.78 Å². The molecule has 2 aromatic heterocycles. The van der Waals surface area contributed by atoms with E-state index in [-0.39, 0.29) is 6.54 Å². The van der Waals surface area contributed by atoms with Crippen molar-refractivity contribution < 1.29 is 13.2 Å². The summed E-state index contributed by atoms with van der Waals surface area (Å²) in [6.07, 6.45) is -4.23. The Labute approximate surface area is 101 Å². The molecule has 2 heterocycles. The normalized spacial score (nSPS) is 12.3. The summed E-state index contributed by atoms with van der Waals surface area (Å²) in [4.78, 5) is 4.15. The maximum absolute atomic E-state index is 12.0. The molecule has 0 saturated carbocycles. The van der Waals surface area contributed by atoms with Crippen LogP contribution in [0.3, 0.4) is 0 Å². The first-order valence-electron chi connectivity index (χ1n) is 5.32. The zero-order chi connectivity index (χ0) is 13.3. The zero-order valence-corrected chi connectivity index (χ0v) is 9.91. The van der Waals surface area contributed by atoms with Crippen molar-refractivity contribution in [1.82, 2.24) is 24.9 Å². The smallest absolute Gasteiger partial charge is 0.302 e. The van der Waals surface area contributed by atoms with E-state index in [2.05, 4.69) is 20.5 Å². The molecule has 0 saturated heterocycles. The maximum atomic E-state index is 12.0. The van der Waals surface area contributed by atoms with Gasteiger partial charge in [-0.25, -0.2) is 4.98 Å². The van der Waals surface area contributed by atoms with Gasteiger partial charge in [0.05, 0.1) is 13.1 Å². The number of hydrogen-bond acceptors (Lipinski definition) is 4. The van der Waals surface area contributed by atoms with Crippen molar-refractivity contribution in [3.05, 3.63) is 23.3 Å². The van der Waals surface area contributed by atoms with E-state index in [1.54, 1.807) is 4.40 Å². The lowest BCUT2D eigenvalue weighted by atomic mass is 10.3. The van der Waals surface area contributed by atoms with Crippen LogP contribution < -0.4 is 5.32 Å². The lowest BCUT2D eigenvalue weighted by molar-refractivity contribution is -0.125. The molecule has 0 atom stereocenters. The Morgan fingerprint density at radius 3 is 2.67 bits per heavy atom. The highest BCUT2D eigenvalue weighted by Crippen LogP contribution is 2.13. The van der Waals surface area contributed by atoms with Crippen LogP contribution in [0.1, 0.15) is 17.2 Å². The van der Waals surface area contributed by atoms with Gasteiger partial charge < -0.3 is 5.32 Å². The van der Waals surface area contributed by atoms with Gasteiger partial charge in [0.25, 0.3) is 5.78 Å². The van der Waals surface area contributed by atoms with Crippen molar-refractivity contribution in [2.75, 3.05) is 6.54 Å². The summed E-state index contributed by atoms with van der Waals surface area (Å²) in [7, 11) is 0. The van der Waals surface area contributed by atoms with Gasteiger partial charge in [0.2, 0.25) is 0 Å². The van der Waals surface area contributed by atoms with Gasteiger partial charge in [-0.2, -0.15) is 13.2 Å². The second-order valence-electron chi connectivity index (χ2n) is 4.01. The minimum atomic E-state index is -4.23. The number of fused-ring (bicyclic) bond motifs is 1. The summed E-state index contributed by atoms with van der Waals surface area (Å²) in [5.41, 5.74) is 1.63. The first-order valence-corrected chi connectivity index (χ1v) is 5.32. The number of nitrogens with one attached hydrogen (secondary N) is 1. The maximum Gasteiger partial charge on any atom is 0.401 e. The summed E-state index contributed by atoms with van der Waals surface area (Å²) in [6.45, 7) is 2.59. The molecule has 0 unspecified atom stereocenters. The van der Waals surface area contributed by atoms with E-state index in [4.69, 9.17) is 0 Å². The molecule has 8 heteroatoms. The predicted octanol–water partition coefficient (Wildman–Crippen LogP) is 1.39. The molecule has 0 bridgehead atoms. The van der Waals surface area contributed by atoms with Gasteiger partial charge in [0.15, 0.2) is 5.82 Å². The Balaban J connectivity index is 2.19. The van der Waals surface area contributed by atoms with Gasteiger partial charge in [0.1, 0.15) is 0 Å². The number of alkyl halides is 3. The molecule has 18 heavy (non-hydrogen) atoms. The van der Waals surface area contributed by atoms with E-state index >= 15 is 0 Å². The van der Waals surface area contributed by atoms with Crippen LogP contribution in [-0.4, -0.2) is 32.3 Å². The Hall–Kier alpha value is -1.70. The second kappa shape index (κ2) is 4.52. The van der Waals surface area contributed by atoms with E-state index in [1.165, 1.54) is 0 Å². The first kappa shape index (κ1) is 12.7. The molecule has 0 aliphatic heterocycles. The highest BCUT2D eigenvalue weighted by atomic mass is 19.4. The Kier molecular flexibility index (Phi) is 3.20. The highest BCUT2D eigenvalue weighted by Gasteiger charge is 2.26. The molecule has 0 aromatic carbocycles. The van der Waals surface area contributed by atoms with Crippen molar-refractivity contribution in [3.63, 3.8) is 0 Å². The average Bonchev–Trinajstić information content (AvgIpc) is 2.59. The monoisotopic (exact) mass is 259 g/mol. The largest absolute Gasteiger partial charge is 0.401 e. The molecule has 0 spiro atoms. The van der Waals surface area contributed by atoms with E-state index in [9.17, 15) is 13.2 Å². The quantitative estimate of drug-likeness (QED) is 0.905. The lowest BCUT2D eigenvalue weighted by Crippen LogP contribution is -2.29. The molecule has 5 nitrogen and oxygen atoms in total. The topological polar surface area (TPSA) is 55.1 Å². The molecule has 1 N–H and O–H groups in total. The van der Waals surface area contributed by atoms with Crippen molar-refractivity contribution in [3.8, 4) is 0 Å². The van der Waals surface area contributed by atoms with Crippen molar-refractivity contribution in [2.24, 2.45) is 0 Å². The predicted molar refractivity (Wildman–Crippen MR) is 58.0 cm³/mol. The first-order chi connectivity index (χ1) is 8.37. The fourth-order valence-corrected chi connectivity index (χ4v) is 1.73. The lowest BCUT2D eigenvalue weighted by Gasteiger charge is -2.08. The molecule has 2 aromatic rings. The average molecular weight is 259 g/mol. The molecule has 0 amide bonds. The van der Waals surface area contributed by atoms with E-state index in [0.29, 0.717) is 11.6 Å². The molecule has 2 rings (SSSR count). The minimum Gasteiger partial charge on any atom is -0.302 e. The molecule has 0 radical (unpaired) electrons. The molecular formula is C10H12F3N5. The summed E-state index contributed by atoms with van der Waals surface area (Å²) in [5.74, 6) is 0.815. The van der Waals surface area contributed by atoms with Crippen molar-refractivity contribution >= 4 is 5.78 Å². The highest BCUT2D eigenvalue weighted by molar-refractivity contribution is 5.32. The van der Waals surface area contributed by atoms with Gasteiger partial charge in [0, 0.05) is 11.4 Å². The summed E-state index contributed by atoms with van der Waals surface area (Å²) in [6, 6.07) is 1.82. The summed E-state index contributed by atoms with van der Waals surface area (Å²) in [5, 5.41) is 9.96. The fourth-order valence-electron chi connectivity index (χ4n) is 1.73. The van der Waals surface area contributed by atoms with Crippen LogP contribution in [-0.2, 0) is 6.54 Å². The molecule has 98 valence electrons. The molecule has 0 aliphatic rings. The third-order valence-corrected chi connectivity index (χ3v) is 2.37. The summed E-state index contributed by atoms with van der Waals surface area (Å²) >= 11 is 0. The van der Waals surface area contributed by atoms with Crippen LogP contribution in [0.5, 0.6) is 0 Å². The molecule has 0 fully saturated rings. The van der Waals surface area contributed by atoms with E-state index in [0.717, 1.165) is 11.4 Å². The van der Waals surface area contributed by atoms with Gasteiger partial charge in [-0.05, 0) is 19.9 Å². The third-order valence-electron chi connectivity index (χ3n) is 2.37. The van der Waals surface area contributed by atoms with Gasteiger partial charge in [-0.3, -0.25) is 4.40 Å². The third kappa shape index (κ3) is 2.76. The number of hydrogen-bond donors (Lipinski definition) is 1. The number of aryl methyl sites for hydroxylation is 2. The number of nitrogens with zero attached hydrogens (tertiary/aromatic N) is 4. The van der Waals surface area contributed by atoms with E-state index < -0.39 is 12.7 Å². The SMILES string of the molecule is Cc1cc(C)n2c(CNCC(F)(F)F)nnc2n1. The minimum absolute atomic E-state index is 0.00768. The molecule has 0 aliphatic carbocycles. The number of rotatable bonds is 3. The van der Waals surface area contributed by atoms with Gasteiger partial charge in [-0.15, -0.1) is 10.2 Å². The number of halogens is 3. The standard InChI is InChI=1S/C10H12F3N5/c1-6-3-7(2)18-8(16-17-9(18)15-6)4-14-5-10(11,12)13/h3,14H,4-5H2,1-2H3. The van der Waals surface area contributed by atoms with Crippen LogP contribution in [0.2, 0.25) is 0 Å². The fraction of sp³-hybridized carbons (Fsp3) is 0.500. The van der Waals surface area contributed by atoms with Crippen LogP contribution in [0, 0.1) is 13.8 Å². The number of aromatic nitrogens is 4. The van der Waals surface area contributed by atoms with Crippen molar-refractivity contribution in [1.29, 1.82) is 0 Å². The Morgan fingerprint density at radius 2 is 2.00 bits per heavy atom. The van der Waals surface area contributed by atoms with Crippen LogP contribution in [0.15, 0.2) is 6.07 Å². The Morgan fingerprint density at radius 1 is 1.28 bits per heavy atom. The van der Waals surface area contributed by atoms with Crippen LogP contribution in [0.4, 0.5) is 13.2 Å². The van der Waals surface area contributed by atoms with E-state index in [1.807, 2.05) is 19.9 Å². The van der Waals surface area contributed by atoms with Gasteiger partial charge in [-0.1, -0.05) is 0 Å². The molecular weight excluding hydrogens is 247 g/mol. The zero-order valence-electron chi connectivity index (χ0n) is 9.91. The van der Waals surface area contributed by atoms with Crippen molar-refractivity contribution in [2.45, 2.75) is 26.6 Å². The second-order valence-corrected chi connectivity index (χ2v) is 4.01. The Bertz CT molecular complexity index is 560.